The average molecular weight is 410 g/mol. The summed E-state index contributed by atoms with van der Waals surface area (Å²) in [6.45, 7) is 4.90. The number of rotatable bonds is 8. The van der Waals surface area contributed by atoms with Crippen LogP contribution >= 0.6 is 0 Å². The summed E-state index contributed by atoms with van der Waals surface area (Å²) in [5.41, 5.74) is 0.641. The maximum Gasteiger partial charge on any atom is 0.331 e. The van der Waals surface area contributed by atoms with E-state index in [2.05, 4.69) is 5.32 Å². The van der Waals surface area contributed by atoms with Gasteiger partial charge in [-0.25, -0.2) is 13.2 Å². The van der Waals surface area contributed by atoms with Crippen molar-refractivity contribution in [2.45, 2.75) is 31.2 Å². The standard InChI is InChI=1S/C19H26N2O6S/c1-3-15(2)20-18(22)14-27-19(23)9-6-16-4-7-17(8-5-16)28(24,25)21-10-12-26-13-11-21/h4-9,15H,3,10-14H2,1-2H3,(H,20,22)/b9-6+/t15-/m1/s1. The molecule has 0 saturated carbocycles. The molecule has 1 aromatic rings. The second kappa shape index (κ2) is 10.4. The van der Waals surface area contributed by atoms with Gasteiger partial charge in [-0.05, 0) is 37.1 Å². The van der Waals surface area contributed by atoms with Crippen molar-refractivity contribution in [3.63, 3.8) is 0 Å². The first-order valence-electron chi connectivity index (χ1n) is 9.15. The first-order chi connectivity index (χ1) is 13.3. The summed E-state index contributed by atoms with van der Waals surface area (Å²) in [6, 6.07) is 6.22. The summed E-state index contributed by atoms with van der Waals surface area (Å²) in [6.07, 6.45) is 3.49. The third kappa shape index (κ3) is 6.43. The third-order valence-electron chi connectivity index (χ3n) is 4.27. The van der Waals surface area contributed by atoms with Crippen LogP contribution in [0.1, 0.15) is 25.8 Å². The number of amides is 1. The molecule has 1 aliphatic rings. The second-order valence-electron chi connectivity index (χ2n) is 6.40. The molecule has 1 aromatic carbocycles. The van der Waals surface area contributed by atoms with Gasteiger partial charge in [0.25, 0.3) is 5.91 Å². The zero-order valence-corrected chi connectivity index (χ0v) is 16.9. The van der Waals surface area contributed by atoms with Gasteiger partial charge in [0, 0.05) is 25.2 Å². The highest BCUT2D eigenvalue weighted by atomic mass is 32.2. The van der Waals surface area contributed by atoms with Gasteiger partial charge >= 0.3 is 5.97 Å². The minimum absolute atomic E-state index is 0.0222. The van der Waals surface area contributed by atoms with Crippen molar-refractivity contribution in [3.8, 4) is 0 Å². The molecule has 154 valence electrons. The Morgan fingerprint density at radius 3 is 2.50 bits per heavy atom. The minimum Gasteiger partial charge on any atom is -0.452 e. The summed E-state index contributed by atoms with van der Waals surface area (Å²) >= 11 is 0. The van der Waals surface area contributed by atoms with Crippen molar-refractivity contribution in [1.82, 2.24) is 9.62 Å². The van der Waals surface area contributed by atoms with Gasteiger partial charge in [-0.2, -0.15) is 4.31 Å². The molecule has 1 atom stereocenters. The molecule has 0 radical (unpaired) electrons. The summed E-state index contributed by atoms with van der Waals surface area (Å²) in [5, 5.41) is 2.70. The van der Waals surface area contributed by atoms with Crippen LogP contribution in [0.3, 0.4) is 0 Å². The molecule has 1 fully saturated rings. The quantitative estimate of drug-likeness (QED) is 0.510. The Morgan fingerprint density at radius 2 is 1.89 bits per heavy atom. The van der Waals surface area contributed by atoms with Crippen LogP contribution in [0, 0.1) is 0 Å². The van der Waals surface area contributed by atoms with Gasteiger partial charge in [0.05, 0.1) is 18.1 Å². The number of hydrogen-bond acceptors (Lipinski definition) is 6. The van der Waals surface area contributed by atoms with Crippen molar-refractivity contribution < 1.29 is 27.5 Å². The van der Waals surface area contributed by atoms with Gasteiger partial charge in [-0.3, -0.25) is 4.79 Å². The minimum atomic E-state index is -3.55. The molecule has 1 N–H and O–H groups in total. The molecule has 9 heteroatoms. The van der Waals surface area contributed by atoms with E-state index in [1.54, 1.807) is 12.1 Å². The second-order valence-corrected chi connectivity index (χ2v) is 8.34. The zero-order chi connectivity index (χ0) is 20.6. The zero-order valence-electron chi connectivity index (χ0n) is 16.1. The van der Waals surface area contributed by atoms with Crippen LogP contribution in [-0.2, 0) is 29.1 Å². The molecule has 8 nitrogen and oxygen atoms in total. The molecule has 1 amide bonds. The summed E-state index contributed by atoms with van der Waals surface area (Å²) in [4.78, 5) is 23.5. The van der Waals surface area contributed by atoms with Crippen LogP contribution in [0.2, 0.25) is 0 Å². The van der Waals surface area contributed by atoms with Crippen LogP contribution in [0.5, 0.6) is 0 Å². The molecular formula is C19H26N2O6S. The normalized spacial score (nSPS) is 16.6. The number of benzene rings is 1. The van der Waals surface area contributed by atoms with Gasteiger partial charge in [0.15, 0.2) is 6.61 Å². The predicted molar refractivity (Wildman–Crippen MR) is 104 cm³/mol. The lowest BCUT2D eigenvalue weighted by atomic mass is 10.2. The van der Waals surface area contributed by atoms with E-state index in [0.717, 1.165) is 6.42 Å². The lowest BCUT2D eigenvalue weighted by Crippen LogP contribution is -2.40. The Kier molecular flexibility index (Phi) is 8.16. The molecule has 0 spiro atoms. The van der Waals surface area contributed by atoms with E-state index in [1.807, 2.05) is 13.8 Å². The first kappa shape index (κ1) is 22.1. The van der Waals surface area contributed by atoms with E-state index in [-0.39, 0.29) is 23.5 Å². The van der Waals surface area contributed by atoms with Gasteiger partial charge in [0.1, 0.15) is 0 Å². The summed E-state index contributed by atoms with van der Waals surface area (Å²) < 4.78 is 36.6. The molecule has 0 bridgehead atoms. The highest BCUT2D eigenvalue weighted by molar-refractivity contribution is 7.89. The van der Waals surface area contributed by atoms with Crippen molar-refractivity contribution in [1.29, 1.82) is 0 Å². The number of esters is 1. The first-order valence-corrected chi connectivity index (χ1v) is 10.6. The molecule has 1 saturated heterocycles. The summed E-state index contributed by atoms with van der Waals surface area (Å²) in [7, 11) is -3.55. The Balaban J connectivity index is 1.89. The molecule has 28 heavy (non-hydrogen) atoms. The highest BCUT2D eigenvalue weighted by Gasteiger charge is 2.25. The van der Waals surface area contributed by atoms with Gasteiger partial charge in [0.2, 0.25) is 10.0 Å². The van der Waals surface area contributed by atoms with E-state index in [0.29, 0.717) is 31.9 Å². The van der Waals surface area contributed by atoms with Crippen molar-refractivity contribution in [2.75, 3.05) is 32.9 Å². The van der Waals surface area contributed by atoms with Crippen LogP contribution < -0.4 is 5.32 Å². The van der Waals surface area contributed by atoms with E-state index in [9.17, 15) is 18.0 Å². The molecule has 0 aromatic heterocycles. The molecule has 2 rings (SSSR count). The molecular weight excluding hydrogens is 384 g/mol. The predicted octanol–water partition coefficient (Wildman–Crippen LogP) is 1.18. The highest BCUT2D eigenvalue weighted by Crippen LogP contribution is 2.18. The number of hydrogen-bond donors (Lipinski definition) is 1. The maximum atomic E-state index is 12.6. The van der Waals surface area contributed by atoms with Crippen LogP contribution in [-0.4, -0.2) is 63.6 Å². The number of morpholine rings is 1. The lowest BCUT2D eigenvalue weighted by molar-refractivity contribution is -0.144. The fourth-order valence-electron chi connectivity index (χ4n) is 2.45. The maximum absolute atomic E-state index is 12.6. The summed E-state index contributed by atoms with van der Waals surface area (Å²) in [5.74, 6) is -1.00. The fraction of sp³-hybridized carbons (Fsp3) is 0.474. The van der Waals surface area contributed by atoms with E-state index in [4.69, 9.17) is 9.47 Å². The van der Waals surface area contributed by atoms with Crippen molar-refractivity contribution >= 4 is 28.0 Å². The van der Waals surface area contributed by atoms with E-state index >= 15 is 0 Å². The number of nitrogens with zero attached hydrogens (tertiary/aromatic N) is 1. The van der Waals surface area contributed by atoms with Crippen LogP contribution in [0.25, 0.3) is 6.08 Å². The van der Waals surface area contributed by atoms with Gasteiger partial charge < -0.3 is 14.8 Å². The average Bonchev–Trinajstić information content (AvgIpc) is 2.71. The smallest absolute Gasteiger partial charge is 0.331 e. The Morgan fingerprint density at radius 1 is 1.25 bits per heavy atom. The Hall–Kier alpha value is -2.23. The number of nitrogens with one attached hydrogen (secondary N) is 1. The van der Waals surface area contributed by atoms with E-state index < -0.39 is 16.0 Å². The SMILES string of the molecule is CC[C@@H](C)NC(=O)COC(=O)/C=C/c1ccc(S(=O)(=O)N2CCOCC2)cc1. The Labute approximate surface area is 165 Å². The largest absolute Gasteiger partial charge is 0.452 e. The van der Waals surface area contributed by atoms with Crippen LogP contribution in [0.15, 0.2) is 35.2 Å². The molecule has 0 unspecified atom stereocenters. The molecule has 1 heterocycles. The van der Waals surface area contributed by atoms with Gasteiger partial charge in [-0.15, -0.1) is 0 Å². The van der Waals surface area contributed by atoms with Crippen molar-refractivity contribution in [3.05, 3.63) is 35.9 Å². The fourth-order valence-corrected chi connectivity index (χ4v) is 3.86. The van der Waals surface area contributed by atoms with Gasteiger partial charge in [-0.1, -0.05) is 19.1 Å². The number of carbonyl (C=O) groups is 2. The number of ether oxygens (including phenoxy) is 2. The lowest BCUT2D eigenvalue weighted by Gasteiger charge is -2.26. The topological polar surface area (TPSA) is 102 Å². The number of sulfonamides is 1. The molecule has 1 aliphatic heterocycles. The van der Waals surface area contributed by atoms with Crippen LogP contribution in [0.4, 0.5) is 0 Å². The Bertz CT molecular complexity index is 798. The third-order valence-corrected chi connectivity index (χ3v) is 6.18. The van der Waals surface area contributed by atoms with E-state index in [1.165, 1.54) is 28.6 Å². The van der Waals surface area contributed by atoms with Crippen molar-refractivity contribution in [2.24, 2.45) is 0 Å². The number of carbonyl (C=O) groups excluding carboxylic acids is 2. The molecule has 0 aliphatic carbocycles. The monoisotopic (exact) mass is 410 g/mol.